The number of nitrogens with two attached hydrogens (primary N) is 2. The number of furan rings is 1. The molecule has 6 heteroatoms. The smallest absolute Gasteiger partial charge is 0.300 e. The molecule has 0 fully saturated rings. The molecule has 0 saturated heterocycles. The van der Waals surface area contributed by atoms with Gasteiger partial charge in [-0.2, -0.15) is 11.8 Å². The Balaban J connectivity index is 2.43. The van der Waals surface area contributed by atoms with E-state index in [4.69, 9.17) is 16.0 Å². The number of carbonyl (C=O) groups is 1. The zero-order valence-electron chi connectivity index (χ0n) is 9.23. The van der Waals surface area contributed by atoms with Gasteiger partial charge in [-0.1, -0.05) is 6.92 Å². The summed E-state index contributed by atoms with van der Waals surface area (Å²) in [6, 6.07) is 3.40. The number of hydrazine groups is 1. The molecule has 5 N–H and O–H groups in total. The molecule has 1 amide bonds. The van der Waals surface area contributed by atoms with E-state index in [2.05, 4.69) is 6.92 Å². The highest BCUT2D eigenvalue weighted by atomic mass is 32.2. The lowest BCUT2D eigenvalue weighted by Crippen LogP contribution is -2.29. The van der Waals surface area contributed by atoms with Crippen LogP contribution in [-0.4, -0.2) is 17.7 Å². The third-order valence-electron chi connectivity index (χ3n) is 2.10. The highest BCUT2D eigenvalue weighted by Crippen LogP contribution is 2.21. The first-order valence-electron chi connectivity index (χ1n) is 5.08. The Morgan fingerprint density at radius 1 is 1.62 bits per heavy atom. The Kier molecular flexibility index (Phi) is 5.37. The monoisotopic (exact) mass is 243 g/mol. The molecule has 5 nitrogen and oxygen atoms in total. The molecule has 1 aromatic rings. The van der Waals surface area contributed by atoms with Crippen molar-refractivity contribution in [1.82, 2.24) is 5.43 Å². The normalized spacial score (nSPS) is 12.4. The third kappa shape index (κ3) is 3.88. The SMILES string of the molecule is CC(CCN)SCc1ccc(C(=O)NN)o1. The fourth-order valence-corrected chi connectivity index (χ4v) is 2.10. The molecule has 0 bridgehead atoms. The van der Waals surface area contributed by atoms with E-state index < -0.39 is 5.91 Å². The van der Waals surface area contributed by atoms with Crippen LogP contribution in [-0.2, 0) is 5.75 Å². The van der Waals surface area contributed by atoms with Gasteiger partial charge < -0.3 is 10.2 Å². The molecular weight excluding hydrogens is 226 g/mol. The van der Waals surface area contributed by atoms with Crippen molar-refractivity contribution in [3.63, 3.8) is 0 Å². The fraction of sp³-hybridized carbons (Fsp3) is 0.500. The predicted molar refractivity (Wildman–Crippen MR) is 64.8 cm³/mol. The van der Waals surface area contributed by atoms with Gasteiger partial charge in [0.1, 0.15) is 5.76 Å². The minimum atomic E-state index is -0.411. The first-order chi connectivity index (χ1) is 7.67. The molecule has 0 aromatic carbocycles. The Morgan fingerprint density at radius 2 is 2.38 bits per heavy atom. The molecule has 0 aliphatic heterocycles. The number of nitrogen functional groups attached to an aromatic ring is 1. The molecule has 16 heavy (non-hydrogen) atoms. The number of nitrogens with one attached hydrogen (secondary N) is 1. The number of rotatable bonds is 6. The Morgan fingerprint density at radius 3 is 3.00 bits per heavy atom. The first kappa shape index (κ1) is 13.1. The molecule has 1 atom stereocenters. The second-order valence-corrected chi connectivity index (χ2v) is 4.87. The van der Waals surface area contributed by atoms with Crippen LogP contribution in [0.25, 0.3) is 0 Å². The van der Waals surface area contributed by atoms with Crippen LogP contribution in [0.1, 0.15) is 29.7 Å². The Labute approximate surface area is 98.9 Å². The molecule has 0 aliphatic rings. The van der Waals surface area contributed by atoms with E-state index in [1.165, 1.54) is 0 Å². The number of thioether (sulfide) groups is 1. The second kappa shape index (κ2) is 6.57. The van der Waals surface area contributed by atoms with Gasteiger partial charge in [0.2, 0.25) is 0 Å². The van der Waals surface area contributed by atoms with E-state index in [1.54, 1.807) is 23.9 Å². The summed E-state index contributed by atoms with van der Waals surface area (Å²) in [4.78, 5) is 11.1. The molecule has 1 aromatic heterocycles. The van der Waals surface area contributed by atoms with Crippen LogP contribution in [0.5, 0.6) is 0 Å². The molecule has 0 saturated carbocycles. The van der Waals surface area contributed by atoms with E-state index in [1.807, 2.05) is 5.43 Å². The van der Waals surface area contributed by atoms with Crippen LogP contribution >= 0.6 is 11.8 Å². The average molecular weight is 243 g/mol. The quantitative estimate of drug-likeness (QED) is 0.391. The van der Waals surface area contributed by atoms with Crippen molar-refractivity contribution in [3.8, 4) is 0 Å². The van der Waals surface area contributed by atoms with Gasteiger partial charge in [0.25, 0.3) is 0 Å². The molecule has 1 unspecified atom stereocenters. The molecule has 0 spiro atoms. The average Bonchev–Trinajstić information content (AvgIpc) is 2.74. The largest absolute Gasteiger partial charge is 0.455 e. The summed E-state index contributed by atoms with van der Waals surface area (Å²) in [5, 5.41) is 0.488. The van der Waals surface area contributed by atoms with Crippen molar-refractivity contribution in [3.05, 3.63) is 23.7 Å². The lowest BCUT2D eigenvalue weighted by molar-refractivity contribution is 0.0924. The van der Waals surface area contributed by atoms with Gasteiger partial charge in [-0.15, -0.1) is 0 Å². The van der Waals surface area contributed by atoms with Crippen LogP contribution in [0.2, 0.25) is 0 Å². The topological polar surface area (TPSA) is 94.3 Å². The van der Waals surface area contributed by atoms with Crippen molar-refractivity contribution in [1.29, 1.82) is 0 Å². The highest BCUT2D eigenvalue weighted by molar-refractivity contribution is 7.99. The second-order valence-electron chi connectivity index (χ2n) is 3.44. The lowest BCUT2D eigenvalue weighted by Gasteiger charge is -2.07. The van der Waals surface area contributed by atoms with E-state index in [0.717, 1.165) is 17.9 Å². The van der Waals surface area contributed by atoms with Crippen LogP contribution in [0.3, 0.4) is 0 Å². The van der Waals surface area contributed by atoms with Crippen molar-refractivity contribution < 1.29 is 9.21 Å². The van der Waals surface area contributed by atoms with Gasteiger partial charge in [0.15, 0.2) is 5.76 Å². The van der Waals surface area contributed by atoms with E-state index in [9.17, 15) is 4.79 Å². The van der Waals surface area contributed by atoms with Crippen LogP contribution in [0.4, 0.5) is 0 Å². The molecule has 0 aliphatic carbocycles. The Hall–Kier alpha value is -0.980. The summed E-state index contributed by atoms with van der Waals surface area (Å²) in [5.74, 6) is 6.33. The number of carbonyl (C=O) groups excluding carboxylic acids is 1. The van der Waals surface area contributed by atoms with Crippen LogP contribution < -0.4 is 17.0 Å². The van der Waals surface area contributed by atoms with Crippen LogP contribution in [0, 0.1) is 0 Å². The zero-order valence-corrected chi connectivity index (χ0v) is 10.0. The van der Waals surface area contributed by atoms with Crippen molar-refractivity contribution >= 4 is 17.7 Å². The lowest BCUT2D eigenvalue weighted by atomic mass is 10.3. The van der Waals surface area contributed by atoms with Crippen molar-refractivity contribution in [2.75, 3.05) is 6.54 Å². The van der Waals surface area contributed by atoms with Crippen LogP contribution in [0.15, 0.2) is 16.5 Å². The maximum absolute atomic E-state index is 11.1. The minimum Gasteiger partial charge on any atom is -0.455 e. The maximum Gasteiger partial charge on any atom is 0.300 e. The highest BCUT2D eigenvalue weighted by Gasteiger charge is 2.10. The van der Waals surface area contributed by atoms with E-state index in [0.29, 0.717) is 11.8 Å². The zero-order chi connectivity index (χ0) is 12.0. The fourth-order valence-electron chi connectivity index (χ4n) is 1.19. The standard InChI is InChI=1S/C10H17N3O2S/c1-7(4-5-11)16-6-8-2-3-9(15-8)10(14)13-12/h2-3,7H,4-6,11-12H2,1H3,(H,13,14). The number of amides is 1. The molecular formula is C10H17N3O2S. The Bertz CT molecular complexity index is 341. The van der Waals surface area contributed by atoms with Crippen molar-refractivity contribution in [2.24, 2.45) is 11.6 Å². The van der Waals surface area contributed by atoms with Gasteiger partial charge in [-0.05, 0) is 25.1 Å². The predicted octanol–water partition coefficient (Wildman–Crippen LogP) is 0.854. The third-order valence-corrected chi connectivity index (χ3v) is 3.36. The summed E-state index contributed by atoms with van der Waals surface area (Å²) in [5.41, 5.74) is 7.48. The number of hydrogen-bond acceptors (Lipinski definition) is 5. The molecule has 0 radical (unpaired) electrons. The van der Waals surface area contributed by atoms with Gasteiger partial charge in [-0.3, -0.25) is 10.2 Å². The van der Waals surface area contributed by atoms with Gasteiger partial charge in [0, 0.05) is 5.25 Å². The van der Waals surface area contributed by atoms with Crippen molar-refractivity contribution in [2.45, 2.75) is 24.3 Å². The maximum atomic E-state index is 11.1. The minimum absolute atomic E-state index is 0.240. The van der Waals surface area contributed by atoms with Gasteiger partial charge >= 0.3 is 5.91 Å². The molecule has 1 heterocycles. The molecule has 90 valence electrons. The van der Waals surface area contributed by atoms with E-state index in [-0.39, 0.29) is 5.76 Å². The first-order valence-corrected chi connectivity index (χ1v) is 6.13. The number of hydrogen-bond donors (Lipinski definition) is 3. The van der Waals surface area contributed by atoms with Gasteiger partial charge in [-0.25, -0.2) is 5.84 Å². The van der Waals surface area contributed by atoms with Gasteiger partial charge in [0.05, 0.1) is 5.75 Å². The molecule has 1 rings (SSSR count). The summed E-state index contributed by atoms with van der Waals surface area (Å²) in [6.45, 7) is 2.81. The summed E-state index contributed by atoms with van der Waals surface area (Å²) >= 11 is 1.75. The summed E-state index contributed by atoms with van der Waals surface area (Å²) in [6.07, 6.45) is 0.974. The summed E-state index contributed by atoms with van der Waals surface area (Å²) < 4.78 is 5.32. The summed E-state index contributed by atoms with van der Waals surface area (Å²) in [7, 11) is 0. The van der Waals surface area contributed by atoms with E-state index >= 15 is 0 Å².